The summed E-state index contributed by atoms with van der Waals surface area (Å²) < 4.78 is 28.9. The molecule has 0 saturated carbocycles. The number of rotatable bonds is 2. The van der Waals surface area contributed by atoms with Gasteiger partial charge in [-0.25, -0.2) is 9.97 Å². The number of anilines is 2. The van der Waals surface area contributed by atoms with E-state index >= 15 is 4.39 Å². The summed E-state index contributed by atoms with van der Waals surface area (Å²) in [5.41, 5.74) is 5.71. The predicted molar refractivity (Wildman–Crippen MR) is 183 cm³/mol. The number of nitrogens with zero attached hydrogens (tertiary/aromatic N) is 6. The number of hydrogen-bond acceptors (Lipinski definition) is 8. The van der Waals surface area contributed by atoms with Gasteiger partial charge in [0.25, 0.3) is 5.91 Å². The Morgan fingerprint density at radius 3 is 2.50 bits per heavy atom. The van der Waals surface area contributed by atoms with E-state index in [9.17, 15) is 4.79 Å². The number of carbonyl (C=O) groups excluding carboxylic acids is 1. The van der Waals surface area contributed by atoms with Crippen LogP contribution in [0.5, 0.6) is 5.75 Å². The Morgan fingerprint density at radius 1 is 0.938 bits per heavy atom. The van der Waals surface area contributed by atoms with Crippen LogP contribution in [0.2, 0.25) is 0 Å². The molecule has 3 fully saturated rings. The molecule has 1 aromatic carbocycles. The summed E-state index contributed by atoms with van der Waals surface area (Å²) in [7, 11) is 0. The van der Waals surface area contributed by atoms with Gasteiger partial charge in [0.1, 0.15) is 5.75 Å². The highest BCUT2D eigenvalue weighted by Gasteiger charge is 2.40. The van der Waals surface area contributed by atoms with Crippen LogP contribution in [-0.4, -0.2) is 82.4 Å². The third-order valence-corrected chi connectivity index (χ3v) is 11.0. The van der Waals surface area contributed by atoms with Crippen LogP contribution in [0.3, 0.4) is 0 Å². The number of likely N-dealkylation sites (tertiary alicyclic amines) is 1. The van der Waals surface area contributed by atoms with Crippen LogP contribution in [0.15, 0.2) is 36.5 Å². The molecule has 1 N–H and O–H groups in total. The van der Waals surface area contributed by atoms with E-state index < -0.39 is 5.95 Å². The summed E-state index contributed by atoms with van der Waals surface area (Å²) in [5, 5.41) is 3.08. The summed E-state index contributed by atoms with van der Waals surface area (Å²) in [6.45, 7) is 11.1. The fourth-order valence-electron chi connectivity index (χ4n) is 7.97. The van der Waals surface area contributed by atoms with Crippen LogP contribution in [0.4, 0.5) is 16.0 Å². The van der Waals surface area contributed by atoms with Crippen molar-refractivity contribution in [2.75, 3.05) is 56.2 Å². The average Bonchev–Trinajstić information content (AvgIpc) is 3.40. The first kappa shape index (κ1) is 31.2. The Bertz CT molecular complexity index is 1840. The lowest BCUT2D eigenvalue weighted by atomic mass is 9.71. The lowest BCUT2D eigenvalue weighted by Crippen LogP contribution is -2.54. The Morgan fingerprint density at radius 2 is 1.73 bits per heavy atom. The summed E-state index contributed by atoms with van der Waals surface area (Å²) >= 11 is 0. The minimum atomic E-state index is -0.671. The van der Waals surface area contributed by atoms with E-state index in [1.807, 2.05) is 6.92 Å². The van der Waals surface area contributed by atoms with Gasteiger partial charge in [0.05, 0.1) is 48.2 Å². The molecule has 8 rings (SSSR count). The van der Waals surface area contributed by atoms with Crippen LogP contribution < -0.4 is 15.0 Å². The number of benzene rings is 1. The minimum Gasteiger partial charge on any atom is -0.492 e. The van der Waals surface area contributed by atoms with Gasteiger partial charge in [-0.15, -0.1) is 0 Å². The molecule has 252 valence electrons. The molecule has 0 aliphatic carbocycles. The minimum absolute atomic E-state index is 0.181. The van der Waals surface area contributed by atoms with Crippen molar-refractivity contribution < 1.29 is 18.7 Å². The molecule has 3 aromatic heterocycles. The van der Waals surface area contributed by atoms with E-state index in [0.29, 0.717) is 53.3 Å². The van der Waals surface area contributed by atoms with Gasteiger partial charge in [-0.3, -0.25) is 20.0 Å². The van der Waals surface area contributed by atoms with Crippen LogP contribution >= 0.6 is 0 Å². The van der Waals surface area contributed by atoms with Gasteiger partial charge < -0.3 is 18.9 Å². The second kappa shape index (κ2) is 12.7. The topological polar surface area (TPSA) is 97.6 Å². The summed E-state index contributed by atoms with van der Waals surface area (Å²) in [5.74, 6) is -0.0597. The van der Waals surface area contributed by atoms with Crippen molar-refractivity contribution in [2.45, 2.75) is 71.4 Å². The number of hydrogen-bond donors (Lipinski definition) is 1. The molecule has 2 bridgehead atoms. The number of carbonyl (C=O) groups is 1. The monoisotopic (exact) mass is 653 g/mol. The third kappa shape index (κ3) is 5.91. The molecule has 48 heavy (non-hydrogen) atoms. The molecule has 1 spiro atoms. The molecule has 7 heterocycles. The van der Waals surface area contributed by atoms with Crippen molar-refractivity contribution in [1.82, 2.24) is 24.4 Å². The Balaban J connectivity index is 1.05. The SMILES string of the molecule is Cc1cc2cc(n1)-c1c(F)ncc(C)c1OCCCCCn1c(nc3ccc(N4CCC5(CC4)CCN(C4COC4)CC5)cc31)NC2=O. The van der Waals surface area contributed by atoms with Crippen molar-refractivity contribution in [3.63, 3.8) is 0 Å². The first-order valence-electron chi connectivity index (χ1n) is 17.5. The first-order valence-corrected chi connectivity index (χ1v) is 17.5. The maximum absolute atomic E-state index is 15.2. The van der Waals surface area contributed by atoms with Gasteiger partial charge in [-0.1, -0.05) is 0 Å². The maximum atomic E-state index is 15.2. The highest BCUT2D eigenvalue weighted by molar-refractivity contribution is 6.05. The van der Waals surface area contributed by atoms with Gasteiger partial charge in [-0.05, 0) is 108 Å². The van der Waals surface area contributed by atoms with Gasteiger partial charge in [0.15, 0.2) is 0 Å². The van der Waals surface area contributed by atoms with Gasteiger partial charge in [-0.2, -0.15) is 4.39 Å². The molecule has 11 heteroatoms. The number of ether oxygens (including phenoxy) is 2. The number of pyridine rings is 2. The lowest BCUT2D eigenvalue weighted by Gasteiger charge is -2.50. The van der Waals surface area contributed by atoms with Gasteiger partial charge in [0, 0.05) is 48.3 Å². The van der Waals surface area contributed by atoms with Crippen molar-refractivity contribution >= 4 is 28.6 Å². The second-order valence-electron chi connectivity index (χ2n) is 14.2. The zero-order valence-electron chi connectivity index (χ0n) is 27.9. The fourth-order valence-corrected chi connectivity index (χ4v) is 7.97. The standard InChI is InChI=1S/C37H44FN7O3/c1-24-21-39-34(38)32-30-19-26(18-25(2)40-30)35(46)42-36-41-29-7-6-27(20-31(29)45(36)12-4-3-5-17-48-33(24)32)43-13-8-37(9-14-43)10-15-44(16-11-37)28-22-47-23-28/h6-7,18-21,28H,3-5,8-17,22-23H2,1-2H3,(H,41,42,46). The zero-order valence-corrected chi connectivity index (χ0v) is 27.9. The molecule has 0 atom stereocenters. The summed E-state index contributed by atoms with van der Waals surface area (Å²) in [6.07, 6.45) is 9.07. The van der Waals surface area contributed by atoms with E-state index in [1.165, 1.54) is 50.7 Å². The zero-order chi connectivity index (χ0) is 32.8. The number of fused-ring (bicyclic) bond motifs is 7. The van der Waals surface area contributed by atoms with Crippen LogP contribution in [0.1, 0.15) is 66.6 Å². The lowest BCUT2D eigenvalue weighted by molar-refractivity contribution is -0.0834. The molecule has 4 aliphatic rings. The largest absolute Gasteiger partial charge is 0.492 e. The number of aryl methyl sites for hydroxylation is 3. The molecular formula is C37H44FN7O3. The van der Waals surface area contributed by atoms with Crippen LogP contribution in [0.25, 0.3) is 22.3 Å². The maximum Gasteiger partial charge on any atom is 0.258 e. The van der Waals surface area contributed by atoms with Crippen LogP contribution in [-0.2, 0) is 11.3 Å². The van der Waals surface area contributed by atoms with E-state index in [1.54, 1.807) is 19.1 Å². The molecule has 4 aromatic rings. The van der Waals surface area contributed by atoms with Crippen LogP contribution in [0, 0.1) is 25.2 Å². The normalized spacial score (nSPS) is 20.6. The van der Waals surface area contributed by atoms with E-state index in [2.05, 4.69) is 47.9 Å². The summed E-state index contributed by atoms with van der Waals surface area (Å²) in [6, 6.07) is 10.4. The van der Waals surface area contributed by atoms with E-state index in [-0.39, 0.29) is 11.5 Å². The number of amides is 1. The Kier molecular flexibility index (Phi) is 8.28. The first-order chi connectivity index (χ1) is 23.4. The quantitative estimate of drug-likeness (QED) is 0.258. The molecule has 3 saturated heterocycles. The van der Waals surface area contributed by atoms with E-state index in [0.717, 1.165) is 62.2 Å². The molecular weight excluding hydrogens is 609 g/mol. The van der Waals surface area contributed by atoms with Crippen molar-refractivity contribution in [1.29, 1.82) is 0 Å². The second-order valence-corrected chi connectivity index (χ2v) is 14.2. The van der Waals surface area contributed by atoms with E-state index in [4.69, 9.17) is 14.5 Å². The number of aromatic nitrogens is 4. The third-order valence-electron chi connectivity index (χ3n) is 11.0. The molecule has 0 unspecified atom stereocenters. The number of imidazole rings is 1. The average molecular weight is 654 g/mol. The molecule has 0 radical (unpaired) electrons. The number of nitrogens with one attached hydrogen (secondary N) is 1. The summed E-state index contributed by atoms with van der Waals surface area (Å²) in [4.78, 5) is 32.3. The smallest absolute Gasteiger partial charge is 0.258 e. The van der Waals surface area contributed by atoms with Crippen molar-refractivity contribution in [3.05, 3.63) is 59.3 Å². The number of halogens is 1. The van der Waals surface area contributed by atoms with Gasteiger partial charge >= 0.3 is 0 Å². The Hall–Kier alpha value is -4.09. The molecule has 1 amide bonds. The predicted octanol–water partition coefficient (Wildman–Crippen LogP) is 6.15. The van der Waals surface area contributed by atoms with Crippen molar-refractivity contribution in [2.24, 2.45) is 5.41 Å². The number of piperidine rings is 2. The Labute approximate surface area is 280 Å². The highest BCUT2D eigenvalue weighted by atomic mass is 19.1. The van der Waals surface area contributed by atoms with Crippen molar-refractivity contribution in [3.8, 4) is 17.0 Å². The van der Waals surface area contributed by atoms with Gasteiger partial charge in [0.2, 0.25) is 11.9 Å². The molecule has 4 aliphatic heterocycles. The fraction of sp³-hybridized carbons (Fsp3) is 0.514. The highest BCUT2D eigenvalue weighted by Crippen LogP contribution is 2.43. The molecule has 10 nitrogen and oxygen atoms in total.